The van der Waals surface area contributed by atoms with Gasteiger partial charge in [0.05, 0.1) is 6.33 Å². The fraction of sp³-hybridized carbons (Fsp3) is 0.500. The standard InChI is InChI=1S/C10H11F2N5O4/c11-9-15-6(13)3-7(16-9)17(2-14-3)8-4(19)5(20)10(12,1-18)21-8/h2,4-5,8,18-20H,1H2,(H2,13,15,16)/t4-,5+,8-,10-/m1/s1. The van der Waals surface area contributed by atoms with Crippen molar-refractivity contribution < 1.29 is 28.8 Å². The number of alkyl halides is 1. The zero-order chi connectivity index (χ0) is 15.4. The molecule has 0 spiro atoms. The number of anilines is 1. The molecular weight excluding hydrogens is 292 g/mol. The van der Waals surface area contributed by atoms with Crippen LogP contribution in [0.3, 0.4) is 0 Å². The summed E-state index contributed by atoms with van der Waals surface area (Å²) in [5.74, 6) is -3.09. The van der Waals surface area contributed by atoms with Gasteiger partial charge >= 0.3 is 6.08 Å². The van der Waals surface area contributed by atoms with Crippen molar-refractivity contribution in [1.82, 2.24) is 19.5 Å². The second-order valence-corrected chi connectivity index (χ2v) is 4.59. The second kappa shape index (κ2) is 4.53. The van der Waals surface area contributed by atoms with Crippen molar-refractivity contribution in [2.45, 2.75) is 24.3 Å². The van der Waals surface area contributed by atoms with E-state index in [1.165, 1.54) is 0 Å². The van der Waals surface area contributed by atoms with Gasteiger partial charge in [-0.3, -0.25) is 4.57 Å². The highest BCUT2D eigenvalue weighted by Crippen LogP contribution is 2.39. The van der Waals surface area contributed by atoms with Crippen LogP contribution in [0.1, 0.15) is 6.23 Å². The van der Waals surface area contributed by atoms with Gasteiger partial charge in [-0.2, -0.15) is 14.4 Å². The van der Waals surface area contributed by atoms with E-state index < -0.39 is 37.0 Å². The number of aliphatic hydroxyl groups is 3. The zero-order valence-corrected chi connectivity index (χ0v) is 10.4. The first kappa shape index (κ1) is 14.0. The molecule has 2 aromatic rings. The van der Waals surface area contributed by atoms with Gasteiger partial charge in [0.2, 0.25) is 0 Å². The number of halogens is 2. The summed E-state index contributed by atoms with van der Waals surface area (Å²) in [6.07, 6.45) is -5.23. The minimum atomic E-state index is -2.85. The van der Waals surface area contributed by atoms with Crippen LogP contribution in [-0.4, -0.2) is 59.5 Å². The Kier molecular flexibility index (Phi) is 3.02. The Labute approximate surface area is 115 Å². The Bertz CT molecular complexity index is 697. The molecule has 11 heteroatoms. The Morgan fingerprint density at radius 1 is 1.43 bits per heavy atom. The SMILES string of the molecule is Nc1nc(F)nc2c1ncn2[C@@H]1O[C@](F)(CO)[C@@H](O)[C@H]1O. The van der Waals surface area contributed by atoms with Crippen molar-refractivity contribution in [1.29, 1.82) is 0 Å². The van der Waals surface area contributed by atoms with E-state index in [4.69, 9.17) is 15.6 Å². The number of fused-ring (bicyclic) bond motifs is 1. The third-order valence-electron chi connectivity index (χ3n) is 3.28. The van der Waals surface area contributed by atoms with Gasteiger partial charge < -0.3 is 25.8 Å². The van der Waals surface area contributed by atoms with Crippen molar-refractivity contribution >= 4 is 17.0 Å². The average Bonchev–Trinajstić information content (AvgIpc) is 2.95. The highest BCUT2D eigenvalue weighted by molar-refractivity contribution is 5.81. The number of hydrogen-bond acceptors (Lipinski definition) is 8. The molecule has 21 heavy (non-hydrogen) atoms. The van der Waals surface area contributed by atoms with E-state index in [9.17, 15) is 19.0 Å². The molecule has 0 saturated carbocycles. The monoisotopic (exact) mass is 303 g/mol. The summed E-state index contributed by atoms with van der Waals surface area (Å²) in [7, 11) is 0. The van der Waals surface area contributed by atoms with Crippen LogP contribution < -0.4 is 5.73 Å². The Morgan fingerprint density at radius 3 is 2.76 bits per heavy atom. The molecule has 2 aromatic heterocycles. The van der Waals surface area contributed by atoms with Crippen LogP contribution >= 0.6 is 0 Å². The lowest BCUT2D eigenvalue weighted by molar-refractivity contribution is -0.206. The Balaban J connectivity index is 2.10. The van der Waals surface area contributed by atoms with Crippen LogP contribution in [0.5, 0.6) is 0 Å². The van der Waals surface area contributed by atoms with Crippen LogP contribution in [0.15, 0.2) is 6.33 Å². The van der Waals surface area contributed by atoms with Gasteiger partial charge in [-0.15, -0.1) is 0 Å². The maximum absolute atomic E-state index is 14.0. The van der Waals surface area contributed by atoms with Gasteiger partial charge in [-0.25, -0.2) is 9.37 Å². The van der Waals surface area contributed by atoms with Gasteiger partial charge in [0.25, 0.3) is 5.85 Å². The fourth-order valence-electron chi connectivity index (χ4n) is 2.20. The number of nitrogens with zero attached hydrogens (tertiary/aromatic N) is 4. The first-order valence-corrected chi connectivity index (χ1v) is 5.86. The number of aromatic nitrogens is 4. The van der Waals surface area contributed by atoms with E-state index in [0.29, 0.717) is 0 Å². The maximum atomic E-state index is 14.0. The smallest absolute Gasteiger partial charge is 0.312 e. The molecule has 4 atom stereocenters. The number of nitrogen functional groups attached to an aromatic ring is 1. The van der Waals surface area contributed by atoms with E-state index in [0.717, 1.165) is 10.9 Å². The van der Waals surface area contributed by atoms with Gasteiger partial charge in [0.15, 0.2) is 23.2 Å². The van der Waals surface area contributed by atoms with E-state index in [1.807, 2.05) is 0 Å². The van der Waals surface area contributed by atoms with Gasteiger partial charge in [0.1, 0.15) is 18.8 Å². The quantitative estimate of drug-likeness (QED) is 0.489. The fourth-order valence-corrected chi connectivity index (χ4v) is 2.20. The molecule has 9 nitrogen and oxygen atoms in total. The maximum Gasteiger partial charge on any atom is 0.312 e. The molecule has 0 aromatic carbocycles. The van der Waals surface area contributed by atoms with Crippen molar-refractivity contribution in [2.24, 2.45) is 0 Å². The first-order valence-electron chi connectivity index (χ1n) is 5.86. The van der Waals surface area contributed by atoms with Crippen LogP contribution in [0.4, 0.5) is 14.6 Å². The Morgan fingerprint density at radius 2 is 2.14 bits per heavy atom. The lowest BCUT2D eigenvalue weighted by Gasteiger charge is -2.19. The van der Waals surface area contributed by atoms with Crippen molar-refractivity contribution in [2.75, 3.05) is 12.3 Å². The molecule has 1 saturated heterocycles. The highest BCUT2D eigenvalue weighted by Gasteiger charge is 2.56. The van der Waals surface area contributed by atoms with Gasteiger partial charge in [-0.05, 0) is 0 Å². The second-order valence-electron chi connectivity index (χ2n) is 4.59. The average molecular weight is 303 g/mol. The van der Waals surface area contributed by atoms with E-state index in [1.54, 1.807) is 0 Å². The summed E-state index contributed by atoms with van der Waals surface area (Å²) in [6.45, 7) is -1.17. The summed E-state index contributed by atoms with van der Waals surface area (Å²) in [6, 6.07) is 0. The minimum Gasteiger partial charge on any atom is -0.390 e. The topological polar surface area (TPSA) is 140 Å². The molecule has 5 N–H and O–H groups in total. The predicted molar refractivity (Wildman–Crippen MR) is 62.8 cm³/mol. The van der Waals surface area contributed by atoms with Crippen molar-refractivity contribution in [3.8, 4) is 0 Å². The number of rotatable bonds is 2. The van der Waals surface area contributed by atoms with Gasteiger partial charge in [-0.1, -0.05) is 0 Å². The molecule has 1 aliphatic heterocycles. The first-order chi connectivity index (χ1) is 9.87. The van der Waals surface area contributed by atoms with Crippen molar-refractivity contribution in [3.63, 3.8) is 0 Å². The molecule has 1 aliphatic rings. The summed E-state index contributed by atoms with van der Waals surface area (Å²) >= 11 is 0. The molecule has 0 aliphatic carbocycles. The summed E-state index contributed by atoms with van der Waals surface area (Å²) < 4.78 is 33.1. The molecule has 1 fully saturated rings. The van der Waals surface area contributed by atoms with Crippen LogP contribution in [0.2, 0.25) is 0 Å². The summed E-state index contributed by atoms with van der Waals surface area (Å²) in [5.41, 5.74) is 5.37. The van der Waals surface area contributed by atoms with E-state index in [-0.39, 0.29) is 17.0 Å². The lowest BCUT2D eigenvalue weighted by atomic mass is 10.1. The number of imidazole rings is 1. The normalized spacial score (nSPS) is 32.9. The van der Waals surface area contributed by atoms with E-state index in [2.05, 4.69) is 15.0 Å². The van der Waals surface area contributed by atoms with Crippen LogP contribution in [0.25, 0.3) is 11.2 Å². The molecule has 0 unspecified atom stereocenters. The zero-order valence-electron chi connectivity index (χ0n) is 10.4. The van der Waals surface area contributed by atoms with E-state index >= 15 is 0 Å². The largest absolute Gasteiger partial charge is 0.390 e. The molecule has 0 bridgehead atoms. The Hall–Kier alpha value is -1.95. The van der Waals surface area contributed by atoms with Crippen molar-refractivity contribution in [3.05, 3.63) is 12.4 Å². The summed E-state index contributed by atoms with van der Waals surface area (Å²) in [4.78, 5) is 10.6. The third-order valence-corrected chi connectivity index (χ3v) is 3.28. The van der Waals surface area contributed by atoms with Crippen LogP contribution in [0, 0.1) is 6.08 Å². The molecule has 114 valence electrons. The molecule has 3 rings (SSSR count). The number of ether oxygens (including phenoxy) is 1. The third kappa shape index (κ3) is 1.93. The van der Waals surface area contributed by atoms with Gasteiger partial charge in [0, 0.05) is 0 Å². The number of hydrogen-bond donors (Lipinski definition) is 4. The minimum absolute atomic E-state index is 0.0297. The molecule has 3 heterocycles. The summed E-state index contributed by atoms with van der Waals surface area (Å²) in [5, 5.41) is 28.4. The molecule has 0 radical (unpaired) electrons. The number of aliphatic hydroxyl groups excluding tert-OH is 3. The molecular formula is C10H11F2N5O4. The molecule has 0 amide bonds. The van der Waals surface area contributed by atoms with Crippen LogP contribution in [-0.2, 0) is 4.74 Å². The predicted octanol–water partition coefficient (Wildman–Crippen LogP) is -1.54. The highest BCUT2D eigenvalue weighted by atomic mass is 19.2. The lowest BCUT2D eigenvalue weighted by Crippen LogP contribution is -2.42. The number of nitrogens with two attached hydrogens (primary N) is 1.